The fraction of sp³-hybridized carbons (Fsp3) is 0.833. The Hall–Kier alpha value is -1.28. The summed E-state index contributed by atoms with van der Waals surface area (Å²) in [6.07, 6.45) is 40.0. The number of esters is 1. The third kappa shape index (κ3) is 39.8. The summed E-state index contributed by atoms with van der Waals surface area (Å²) in [5.41, 5.74) is 0. The van der Waals surface area contributed by atoms with E-state index in [1.807, 2.05) is 21.1 Å². The molecule has 0 bridgehead atoms. The number of carbonyl (C=O) groups is 1. The molecule has 0 aromatic carbocycles. The van der Waals surface area contributed by atoms with Crippen LogP contribution in [0.1, 0.15) is 168 Å². The zero-order chi connectivity index (χ0) is 37.7. The van der Waals surface area contributed by atoms with Crippen LogP contribution in [0.15, 0.2) is 36.5 Å². The van der Waals surface area contributed by atoms with Gasteiger partial charge in [-0.15, -0.1) is 0 Å². The second-order valence-corrected chi connectivity index (χ2v) is 16.4. The van der Waals surface area contributed by atoms with Crippen LogP contribution in [0.4, 0.5) is 0 Å². The number of hydrogen-bond acceptors (Lipinski definition) is 7. The van der Waals surface area contributed by atoms with E-state index in [2.05, 4.69) is 50.3 Å². The number of phosphoric ester groups is 1. The molecule has 0 saturated carbocycles. The minimum Gasteiger partial charge on any atom is -0.756 e. The smallest absolute Gasteiger partial charge is 0.306 e. The van der Waals surface area contributed by atoms with Crippen molar-refractivity contribution in [2.75, 3.05) is 54.1 Å². The summed E-state index contributed by atoms with van der Waals surface area (Å²) < 4.78 is 34.5. The molecule has 0 heterocycles. The van der Waals surface area contributed by atoms with Crippen LogP contribution < -0.4 is 4.89 Å². The molecule has 300 valence electrons. The van der Waals surface area contributed by atoms with Crippen LogP contribution in [0.25, 0.3) is 0 Å². The average Bonchev–Trinajstić information content (AvgIpc) is 3.08. The number of carbonyl (C=O) groups excluding carboxylic acids is 1. The third-order valence-corrected chi connectivity index (χ3v) is 9.67. The summed E-state index contributed by atoms with van der Waals surface area (Å²) in [5.74, 6) is -0.350. The largest absolute Gasteiger partial charge is 0.756 e. The molecule has 8 nitrogen and oxygen atoms in total. The molecular formula is C42H80NO7P. The topological polar surface area (TPSA) is 94.1 Å². The molecule has 2 atom stereocenters. The van der Waals surface area contributed by atoms with Crippen molar-refractivity contribution in [3.63, 3.8) is 0 Å². The first-order valence-electron chi connectivity index (χ1n) is 20.7. The molecule has 0 rings (SSSR count). The number of quaternary nitrogens is 1. The molecule has 0 aliphatic rings. The van der Waals surface area contributed by atoms with Gasteiger partial charge in [-0.3, -0.25) is 9.36 Å². The van der Waals surface area contributed by atoms with E-state index in [1.54, 1.807) is 0 Å². The van der Waals surface area contributed by atoms with E-state index in [9.17, 15) is 14.3 Å². The van der Waals surface area contributed by atoms with Gasteiger partial charge < -0.3 is 27.9 Å². The van der Waals surface area contributed by atoms with Gasteiger partial charge in [-0.25, -0.2) is 0 Å². The highest BCUT2D eigenvalue weighted by atomic mass is 31.2. The minimum absolute atomic E-state index is 0.0230. The van der Waals surface area contributed by atoms with Gasteiger partial charge in [0.15, 0.2) is 0 Å². The van der Waals surface area contributed by atoms with Crippen molar-refractivity contribution in [1.29, 1.82) is 0 Å². The number of phosphoric acid groups is 1. The maximum absolute atomic E-state index is 12.6. The number of allylic oxidation sites excluding steroid dienone is 6. The Morgan fingerprint density at radius 3 is 1.71 bits per heavy atom. The van der Waals surface area contributed by atoms with E-state index in [0.717, 1.165) is 70.6 Å². The Morgan fingerprint density at radius 2 is 1.14 bits per heavy atom. The Bertz CT molecular complexity index is 915. The van der Waals surface area contributed by atoms with Gasteiger partial charge in [0.05, 0.1) is 34.4 Å². The summed E-state index contributed by atoms with van der Waals surface area (Å²) in [6.45, 7) is 5.28. The van der Waals surface area contributed by atoms with Crippen molar-refractivity contribution in [3.8, 4) is 0 Å². The number of ether oxygens (including phenoxy) is 2. The van der Waals surface area contributed by atoms with E-state index >= 15 is 0 Å². The molecule has 9 heteroatoms. The van der Waals surface area contributed by atoms with Crippen LogP contribution >= 0.6 is 7.82 Å². The lowest BCUT2D eigenvalue weighted by molar-refractivity contribution is -0.870. The lowest BCUT2D eigenvalue weighted by atomic mass is 10.0. The average molecular weight is 742 g/mol. The van der Waals surface area contributed by atoms with Crippen LogP contribution in [-0.4, -0.2) is 70.7 Å². The van der Waals surface area contributed by atoms with E-state index in [1.165, 1.54) is 77.0 Å². The van der Waals surface area contributed by atoms with Gasteiger partial charge in [-0.1, -0.05) is 153 Å². The Balaban J connectivity index is 4.29. The van der Waals surface area contributed by atoms with Crippen molar-refractivity contribution in [2.45, 2.75) is 174 Å². The van der Waals surface area contributed by atoms with Gasteiger partial charge in [0, 0.05) is 13.0 Å². The second-order valence-electron chi connectivity index (χ2n) is 15.0. The molecule has 0 saturated heterocycles. The molecule has 0 aromatic heterocycles. The first-order chi connectivity index (χ1) is 24.6. The Morgan fingerprint density at radius 1 is 0.627 bits per heavy atom. The summed E-state index contributed by atoms with van der Waals surface area (Å²) in [5, 5.41) is 0. The SMILES string of the molecule is CC/C=C\C/C=C\C/C=C\CCCCCCCC(=O)O[C@H](COCCCCCCCCCCCCCCCC)COP(=O)([O-])OCC[N+](C)(C)C. The number of hydrogen-bond donors (Lipinski definition) is 0. The van der Waals surface area contributed by atoms with E-state index in [-0.39, 0.29) is 25.8 Å². The first kappa shape index (κ1) is 49.7. The number of rotatable bonds is 38. The Labute approximate surface area is 315 Å². The fourth-order valence-electron chi connectivity index (χ4n) is 5.50. The number of likely N-dealkylation sites (N-methyl/N-ethyl adjacent to an activating group) is 1. The fourth-order valence-corrected chi connectivity index (χ4v) is 6.23. The number of nitrogens with zero attached hydrogens (tertiary/aromatic N) is 1. The molecule has 0 amide bonds. The monoisotopic (exact) mass is 742 g/mol. The summed E-state index contributed by atoms with van der Waals surface area (Å²) in [4.78, 5) is 25.0. The summed E-state index contributed by atoms with van der Waals surface area (Å²) in [7, 11) is 1.34. The highest BCUT2D eigenvalue weighted by Gasteiger charge is 2.20. The van der Waals surface area contributed by atoms with Crippen molar-refractivity contribution >= 4 is 13.8 Å². The standard InChI is InChI=1S/C42H80NO7P/c1-6-8-10-12-14-16-18-20-22-23-25-27-29-31-33-35-42(44)50-41(40-49-51(45,46)48-38-36-43(3,4)5)39-47-37-34-32-30-28-26-24-21-19-17-15-13-11-9-7-2/h8,10,14,16,20,22,41H,6-7,9,11-13,15,17-19,21,23-40H2,1-5H3/b10-8-,16-14-,22-20-/t41-/m1/s1. The van der Waals surface area contributed by atoms with Gasteiger partial charge in [-0.2, -0.15) is 0 Å². The highest BCUT2D eigenvalue weighted by Crippen LogP contribution is 2.38. The molecule has 0 aliphatic heterocycles. The molecule has 1 unspecified atom stereocenters. The maximum atomic E-state index is 12.6. The van der Waals surface area contributed by atoms with Crippen molar-refractivity contribution in [2.24, 2.45) is 0 Å². The predicted molar refractivity (Wildman–Crippen MR) is 213 cm³/mol. The van der Waals surface area contributed by atoms with Gasteiger partial charge >= 0.3 is 5.97 Å². The van der Waals surface area contributed by atoms with E-state index in [4.69, 9.17) is 18.5 Å². The lowest BCUT2D eigenvalue weighted by Gasteiger charge is -2.28. The normalized spacial score (nSPS) is 14.2. The lowest BCUT2D eigenvalue weighted by Crippen LogP contribution is -2.37. The molecule has 51 heavy (non-hydrogen) atoms. The molecule has 0 aromatic rings. The van der Waals surface area contributed by atoms with Gasteiger partial charge in [0.1, 0.15) is 19.3 Å². The Kier molecular flexibility index (Phi) is 34.8. The van der Waals surface area contributed by atoms with Gasteiger partial charge in [0.2, 0.25) is 0 Å². The quantitative estimate of drug-likeness (QED) is 0.0204. The van der Waals surface area contributed by atoms with Crippen molar-refractivity contribution in [3.05, 3.63) is 36.5 Å². The summed E-state index contributed by atoms with van der Waals surface area (Å²) >= 11 is 0. The van der Waals surface area contributed by atoms with Crippen LogP contribution in [0, 0.1) is 0 Å². The van der Waals surface area contributed by atoms with Gasteiger partial charge in [-0.05, 0) is 44.9 Å². The first-order valence-corrected chi connectivity index (χ1v) is 22.2. The van der Waals surface area contributed by atoms with Crippen LogP contribution in [0.5, 0.6) is 0 Å². The number of unbranched alkanes of at least 4 members (excludes halogenated alkanes) is 18. The van der Waals surface area contributed by atoms with Gasteiger partial charge in [0.25, 0.3) is 7.82 Å². The second kappa shape index (κ2) is 35.7. The summed E-state index contributed by atoms with van der Waals surface area (Å²) in [6, 6.07) is 0. The van der Waals surface area contributed by atoms with Crippen molar-refractivity contribution < 1.29 is 37.3 Å². The molecular weight excluding hydrogens is 661 g/mol. The highest BCUT2D eigenvalue weighted by molar-refractivity contribution is 7.45. The van der Waals surface area contributed by atoms with Crippen LogP contribution in [0.3, 0.4) is 0 Å². The molecule has 0 aliphatic carbocycles. The third-order valence-electron chi connectivity index (χ3n) is 8.71. The molecule has 0 radical (unpaired) electrons. The zero-order valence-corrected chi connectivity index (χ0v) is 34.7. The molecule has 0 N–H and O–H groups in total. The molecule has 0 spiro atoms. The maximum Gasteiger partial charge on any atom is 0.306 e. The van der Waals surface area contributed by atoms with Crippen LogP contribution in [0.2, 0.25) is 0 Å². The minimum atomic E-state index is -4.52. The zero-order valence-electron chi connectivity index (χ0n) is 33.8. The van der Waals surface area contributed by atoms with Crippen molar-refractivity contribution in [1.82, 2.24) is 0 Å². The molecule has 0 fully saturated rings. The van der Waals surface area contributed by atoms with Crippen LogP contribution in [-0.2, 0) is 27.9 Å². The van der Waals surface area contributed by atoms with E-state index < -0.39 is 13.9 Å². The predicted octanol–water partition coefficient (Wildman–Crippen LogP) is 11.2. The van der Waals surface area contributed by atoms with E-state index in [0.29, 0.717) is 24.1 Å².